The van der Waals surface area contributed by atoms with Crippen molar-refractivity contribution in [1.82, 2.24) is 0 Å². The Labute approximate surface area is 112 Å². The van der Waals surface area contributed by atoms with E-state index in [1.165, 1.54) is 0 Å². The second-order valence-corrected chi connectivity index (χ2v) is 2.65. The number of ketones is 1. The Bertz CT molecular complexity index is 460. The monoisotopic (exact) mass is 232 g/mol. The Morgan fingerprint density at radius 1 is 1.31 bits per heavy atom. The summed E-state index contributed by atoms with van der Waals surface area (Å²) in [6, 6.07) is 2.96. The zero-order valence-corrected chi connectivity index (χ0v) is 10.3. The molecule has 7 nitrogen and oxygen atoms in total. The van der Waals surface area contributed by atoms with Crippen LogP contribution >= 0.6 is 0 Å². The molecule has 0 heterocycles. The molecule has 0 amide bonds. The van der Waals surface area contributed by atoms with Gasteiger partial charge in [0.1, 0.15) is 5.97 Å². The molecule has 78 valence electrons. The number of nitrogens with zero attached hydrogens (tertiary/aromatic N) is 1. The molecule has 0 aliphatic carbocycles. The van der Waals surface area contributed by atoms with Crippen LogP contribution in [0, 0.1) is 10.1 Å². The van der Waals surface area contributed by atoms with Crippen molar-refractivity contribution in [1.29, 1.82) is 0 Å². The smallest absolute Gasteiger partial charge is 0.541 e. The number of anilines is 1. The predicted molar refractivity (Wildman–Crippen MR) is 46.8 cm³/mol. The van der Waals surface area contributed by atoms with Crippen LogP contribution in [0.2, 0.25) is 0 Å². The number of nitro benzene ring substituents is 1. The fourth-order valence-corrected chi connectivity index (χ4v) is 0.964. The largest absolute Gasteiger partial charge is 1.00 e. The molecule has 0 bridgehead atoms. The molecule has 0 saturated carbocycles. The summed E-state index contributed by atoms with van der Waals surface area (Å²) in [5.74, 6) is -3.33. The van der Waals surface area contributed by atoms with Crippen LogP contribution in [-0.4, -0.2) is 16.7 Å². The van der Waals surface area contributed by atoms with Gasteiger partial charge < -0.3 is 15.6 Å². The Morgan fingerprint density at radius 2 is 1.88 bits per heavy atom. The van der Waals surface area contributed by atoms with E-state index in [9.17, 15) is 24.8 Å². The van der Waals surface area contributed by atoms with Gasteiger partial charge in [0.2, 0.25) is 5.78 Å². The number of nitro groups is 1. The average molecular weight is 232 g/mol. The topological polar surface area (TPSA) is 126 Å². The van der Waals surface area contributed by atoms with Gasteiger partial charge in [-0.1, -0.05) is 0 Å². The van der Waals surface area contributed by atoms with Crippen molar-refractivity contribution in [3.63, 3.8) is 0 Å². The number of rotatable bonds is 3. The number of hydrogen-bond donors (Lipinski definition) is 1. The van der Waals surface area contributed by atoms with Crippen LogP contribution in [0.15, 0.2) is 18.2 Å². The number of non-ortho nitro benzene ring substituents is 1. The van der Waals surface area contributed by atoms with Gasteiger partial charge in [-0.2, -0.15) is 0 Å². The summed E-state index contributed by atoms with van der Waals surface area (Å²) in [5.41, 5.74) is 4.30. The summed E-state index contributed by atoms with van der Waals surface area (Å²) >= 11 is 0. The Hall–Kier alpha value is -1.44. The number of hydrogen-bond acceptors (Lipinski definition) is 6. The molecular formula is C8H5N2NaO5. The van der Waals surface area contributed by atoms with Crippen LogP contribution in [0.4, 0.5) is 11.4 Å². The maximum Gasteiger partial charge on any atom is 1.00 e. The molecule has 8 heteroatoms. The molecule has 0 radical (unpaired) electrons. The zero-order valence-electron chi connectivity index (χ0n) is 8.30. The summed E-state index contributed by atoms with van der Waals surface area (Å²) in [5, 5.41) is 20.6. The van der Waals surface area contributed by atoms with Crippen molar-refractivity contribution in [2.75, 3.05) is 5.73 Å². The molecule has 0 saturated heterocycles. The standard InChI is InChI=1S/C8H6N2O5.Na/c9-6-2-1-4(10(14)15)3-5(6)7(11)8(12)13;/h1-3H,9H2,(H,12,13);/q;+1/p-1. The summed E-state index contributed by atoms with van der Waals surface area (Å²) in [6.45, 7) is 0. The molecule has 0 unspecified atom stereocenters. The molecule has 0 spiro atoms. The normalized spacial score (nSPS) is 9.00. The molecule has 0 aromatic heterocycles. The van der Waals surface area contributed by atoms with Gasteiger partial charge in [-0.15, -0.1) is 0 Å². The SMILES string of the molecule is Nc1ccc([N+](=O)[O-])cc1C(=O)C(=O)[O-].[Na+]. The molecular weight excluding hydrogens is 227 g/mol. The number of benzene rings is 1. The average Bonchev–Trinajstić information content (AvgIpc) is 2.16. The van der Waals surface area contributed by atoms with Crippen molar-refractivity contribution >= 4 is 23.1 Å². The van der Waals surface area contributed by atoms with Gasteiger partial charge in [0, 0.05) is 17.8 Å². The van der Waals surface area contributed by atoms with Gasteiger partial charge in [0.15, 0.2) is 0 Å². The minimum atomic E-state index is -1.96. The van der Waals surface area contributed by atoms with Gasteiger partial charge in [0.25, 0.3) is 5.69 Å². The molecule has 1 aromatic rings. The van der Waals surface area contributed by atoms with Crippen LogP contribution in [0.25, 0.3) is 0 Å². The van der Waals surface area contributed by atoms with Crippen LogP contribution in [-0.2, 0) is 4.79 Å². The first-order valence-corrected chi connectivity index (χ1v) is 3.73. The fourth-order valence-electron chi connectivity index (χ4n) is 0.964. The Morgan fingerprint density at radius 3 is 2.31 bits per heavy atom. The van der Waals surface area contributed by atoms with Gasteiger partial charge >= 0.3 is 29.6 Å². The van der Waals surface area contributed by atoms with Crippen LogP contribution in [0.3, 0.4) is 0 Å². The van der Waals surface area contributed by atoms with Crippen molar-refractivity contribution in [2.45, 2.75) is 0 Å². The van der Waals surface area contributed by atoms with Gasteiger partial charge in [-0.05, 0) is 6.07 Å². The zero-order chi connectivity index (χ0) is 11.6. The third-order valence-electron chi connectivity index (χ3n) is 1.68. The van der Waals surface area contributed by atoms with Crippen molar-refractivity contribution < 1.29 is 49.2 Å². The maximum atomic E-state index is 11.0. The summed E-state index contributed by atoms with van der Waals surface area (Å²) in [6.07, 6.45) is 0. The summed E-state index contributed by atoms with van der Waals surface area (Å²) in [4.78, 5) is 30.8. The van der Waals surface area contributed by atoms with Crippen LogP contribution < -0.4 is 40.4 Å². The molecule has 0 fully saturated rings. The first-order chi connectivity index (χ1) is 6.93. The Balaban J connectivity index is 0.00000225. The van der Waals surface area contributed by atoms with Gasteiger partial charge in [0.05, 0.1) is 10.5 Å². The van der Waals surface area contributed by atoms with Crippen LogP contribution in [0.5, 0.6) is 0 Å². The second kappa shape index (κ2) is 5.59. The number of nitrogen functional groups attached to an aromatic ring is 1. The van der Waals surface area contributed by atoms with Crippen molar-refractivity contribution in [2.24, 2.45) is 0 Å². The number of carbonyl (C=O) groups is 2. The molecule has 0 atom stereocenters. The van der Waals surface area contributed by atoms with Gasteiger partial charge in [-0.3, -0.25) is 14.9 Å². The molecule has 0 aliphatic rings. The van der Waals surface area contributed by atoms with E-state index in [2.05, 4.69) is 0 Å². The summed E-state index contributed by atoms with van der Waals surface area (Å²) in [7, 11) is 0. The van der Waals surface area contributed by atoms with Gasteiger partial charge in [-0.25, -0.2) is 0 Å². The minimum absolute atomic E-state index is 0. The number of carboxylic acid groups (broad SMARTS) is 1. The first kappa shape index (κ1) is 14.6. The van der Waals surface area contributed by atoms with Crippen molar-refractivity contribution in [3.8, 4) is 0 Å². The third-order valence-corrected chi connectivity index (χ3v) is 1.68. The summed E-state index contributed by atoms with van der Waals surface area (Å²) < 4.78 is 0. The predicted octanol–water partition coefficient (Wildman–Crippen LogP) is -3.89. The molecule has 1 aromatic carbocycles. The fraction of sp³-hybridized carbons (Fsp3) is 0. The van der Waals surface area contributed by atoms with E-state index >= 15 is 0 Å². The third kappa shape index (κ3) is 3.02. The van der Waals surface area contributed by atoms with E-state index < -0.39 is 27.9 Å². The number of aliphatic carboxylic acids is 1. The Kier molecular flexibility index (Phi) is 5.09. The maximum absolute atomic E-state index is 11.0. The van der Waals surface area contributed by atoms with E-state index in [0.717, 1.165) is 18.2 Å². The second-order valence-electron chi connectivity index (χ2n) is 2.65. The number of Topliss-reactive ketones (excluding diaryl/α,β-unsaturated/α-hetero) is 1. The van der Waals surface area contributed by atoms with Crippen molar-refractivity contribution in [3.05, 3.63) is 33.9 Å². The quantitative estimate of drug-likeness (QED) is 0.142. The van der Waals surface area contributed by atoms with E-state index in [0.29, 0.717) is 0 Å². The first-order valence-electron chi connectivity index (χ1n) is 3.73. The number of carbonyl (C=O) groups excluding carboxylic acids is 2. The number of nitrogens with two attached hydrogens (primary N) is 1. The molecule has 1 rings (SSSR count). The van der Waals surface area contributed by atoms with Crippen LogP contribution in [0.1, 0.15) is 10.4 Å². The number of carboxylic acids is 1. The van der Waals surface area contributed by atoms with E-state index in [4.69, 9.17) is 5.73 Å². The molecule has 16 heavy (non-hydrogen) atoms. The molecule has 2 N–H and O–H groups in total. The van der Waals surface area contributed by atoms with E-state index in [-0.39, 0.29) is 35.2 Å². The molecule has 0 aliphatic heterocycles. The van der Waals surface area contributed by atoms with E-state index in [1.54, 1.807) is 0 Å². The van der Waals surface area contributed by atoms with E-state index in [1.807, 2.05) is 0 Å². The minimum Gasteiger partial charge on any atom is -0.541 e.